The molecule has 176 valence electrons. The summed E-state index contributed by atoms with van der Waals surface area (Å²) >= 11 is 0. The van der Waals surface area contributed by atoms with Crippen LogP contribution in [0, 0.1) is 17.7 Å². The lowest BCUT2D eigenvalue weighted by Crippen LogP contribution is -2.15. The molecule has 2 aromatic rings. The second kappa shape index (κ2) is 13.7. The largest absolute Gasteiger partial charge is 0.207 e. The van der Waals surface area contributed by atoms with E-state index in [4.69, 9.17) is 0 Å². The van der Waals surface area contributed by atoms with Crippen molar-refractivity contribution in [3.63, 3.8) is 0 Å². The van der Waals surface area contributed by atoms with Crippen LogP contribution in [0.15, 0.2) is 30.3 Å². The number of hydrogen-bond donors (Lipinski definition) is 0. The molecule has 0 spiro atoms. The van der Waals surface area contributed by atoms with Crippen molar-refractivity contribution < 1.29 is 4.39 Å². The fourth-order valence-electron chi connectivity index (χ4n) is 5.12. The first-order valence-electron chi connectivity index (χ1n) is 13.3. The Hall–Kier alpha value is -1.77. The van der Waals surface area contributed by atoms with E-state index in [9.17, 15) is 4.39 Å². The monoisotopic (exact) mass is 438 g/mol. The standard InChI is InChI=1S/C29H43FN2/c1-3-5-7-8-9-10-23-12-14-24(15-13-23)16-19-27-20-21-29(32-31-27)26-18-17-25(11-6-4-2)28(30)22-26/h17-18,20-24H,3-16,19H2,1-2H3. The Morgan fingerprint density at radius 2 is 1.47 bits per heavy atom. The molecular formula is C29H43FN2. The van der Waals surface area contributed by atoms with Gasteiger partial charge in [0.15, 0.2) is 0 Å². The molecule has 0 amide bonds. The van der Waals surface area contributed by atoms with Gasteiger partial charge in [0.1, 0.15) is 5.82 Å². The van der Waals surface area contributed by atoms with Crippen LogP contribution in [0.2, 0.25) is 0 Å². The first-order chi connectivity index (χ1) is 15.7. The van der Waals surface area contributed by atoms with Crippen molar-refractivity contribution >= 4 is 0 Å². The molecule has 1 heterocycles. The molecule has 1 aromatic carbocycles. The summed E-state index contributed by atoms with van der Waals surface area (Å²) in [4.78, 5) is 0. The zero-order chi connectivity index (χ0) is 22.6. The van der Waals surface area contributed by atoms with Gasteiger partial charge in [-0.25, -0.2) is 4.39 Å². The summed E-state index contributed by atoms with van der Waals surface area (Å²) in [5.74, 6) is 1.69. The Bertz CT molecular complexity index is 778. The molecule has 0 atom stereocenters. The van der Waals surface area contributed by atoms with E-state index in [-0.39, 0.29) is 5.82 Å². The van der Waals surface area contributed by atoms with Gasteiger partial charge in [-0.2, -0.15) is 10.2 Å². The van der Waals surface area contributed by atoms with E-state index in [2.05, 4.69) is 30.1 Å². The lowest BCUT2D eigenvalue weighted by Gasteiger charge is -2.28. The quantitative estimate of drug-likeness (QED) is 0.292. The second-order valence-electron chi connectivity index (χ2n) is 9.95. The van der Waals surface area contributed by atoms with E-state index in [1.807, 2.05) is 18.2 Å². The summed E-state index contributed by atoms with van der Waals surface area (Å²) in [6.07, 6.45) is 19.2. The highest BCUT2D eigenvalue weighted by Crippen LogP contribution is 2.34. The number of aromatic nitrogens is 2. The molecule has 0 bridgehead atoms. The molecule has 1 aliphatic carbocycles. The fourth-order valence-corrected chi connectivity index (χ4v) is 5.12. The average Bonchev–Trinajstić information content (AvgIpc) is 2.83. The lowest BCUT2D eigenvalue weighted by atomic mass is 9.78. The Labute approximate surface area is 195 Å². The highest BCUT2D eigenvalue weighted by Gasteiger charge is 2.21. The Morgan fingerprint density at radius 3 is 2.12 bits per heavy atom. The maximum absolute atomic E-state index is 14.4. The molecule has 32 heavy (non-hydrogen) atoms. The Morgan fingerprint density at radius 1 is 0.750 bits per heavy atom. The smallest absolute Gasteiger partial charge is 0.127 e. The molecule has 3 heteroatoms. The predicted molar refractivity (Wildman–Crippen MR) is 133 cm³/mol. The predicted octanol–water partition coefficient (Wildman–Crippen LogP) is 8.72. The third kappa shape index (κ3) is 7.98. The minimum absolute atomic E-state index is 0.126. The van der Waals surface area contributed by atoms with Crippen molar-refractivity contribution in [1.82, 2.24) is 10.2 Å². The molecule has 1 aliphatic rings. The van der Waals surface area contributed by atoms with E-state index in [1.54, 1.807) is 6.07 Å². The van der Waals surface area contributed by atoms with Gasteiger partial charge in [0, 0.05) is 5.56 Å². The Kier molecular flexibility index (Phi) is 10.6. The summed E-state index contributed by atoms with van der Waals surface area (Å²) in [6.45, 7) is 4.42. The van der Waals surface area contributed by atoms with Crippen LogP contribution in [0.1, 0.15) is 109 Å². The minimum atomic E-state index is -0.126. The third-order valence-corrected chi connectivity index (χ3v) is 7.36. The van der Waals surface area contributed by atoms with Crippen molar-refractivity contribution in [1.29, 1.82) is 0 Å². The van der Waals surface area contributed by atoms with Crippen LogP contribution in [0.4, 0.5) is 4.39 Å². The van der Waals surface area contributed by atoms with Gasteiger partial charge in [-0.3, -0.25) is 0 Å². The van der Waals surface area contributed by atoms with Crippen LogP contribution < -0.4 is 0 Å². The SMILES string of the molecule is CCCCCCCC1CCC(CCc2ccc(-c3ccc(CCCC)c(F)c3)nn2)CC1. The molecule has 1 fully saturated rings. The summed E-state index contributed by atoms with van der Waals surface area (Å²) < 4.78 is 14.4. The number of rotatable bonds is 13. The van der Waals surface area contributed by atoms with Crippen molar-refractivity contribution in [3.8, 4) is 11.3 Å². The van der Waals surface area contributed by atoms with E-state index < -0.39 is 0 Å². The van der Waals surface area contributed by atoms with Crippen LogP contribution in [0.3, 0.4) is 0 Å². The molecule has 3 rings (SSSR count). The van der Waals surface area contributed by atoms with E-state index in [1.165, 1.54) is 70.6 Å². The zero-order valence-corrected chi connectivity index (χ0v) is 20.4. The minimum Gasteiger partial charge on any atom is -0.207 e. The fraction of sp³-hybridized carbons (Fsp3) is 0.655. The van der Waals surface area contributed by atoms with Crippen molar-refractivity contribution in [2.75, 3.05) is 0 Å². The molecule has 1 saturated carbocycles. The topological polar surface area (TPSA) is 25.8 Å². The van der Waals surface area contributed by atoms with Gasteiger partial charge in [-0.05, 0) is 61.3 Å². The summed E-state index contributed by atoms with van der Waals surface area (Å²) in [5, 5.41) is 8.84. The molecule has 0 radical (unpaired) electrons. The van der Waals surface area contributed by atoms with E-state index in [0.717, 1.165) is 60.0 Å². The maximum Gasteiger partial charge on any atom is 0.127 e. The van der Waals surface area contributed by atoms with Crippen molar-refractivity contribution in [2.24, 2.45) is 11.8 Å². The number of nitrogens with zero attached hydrogens (tertiary/aromatic N) is 2. The average molecular weight is 439 g/mol. The van der Waals surface area contributed by atoms with Gasteiger partial charge in [0.2, 0.25) is 0 Å². The molecule has 0 unspecified atom stereocenters. The van der Waals surface area contributed by atoms with Crippen LogP contribution in [0.5, 0.6) is 0 Å². The first-order valence-corrected chi connectivity index (χ1v) is 13.3. The number of aryl methyl sites for hydroxylation is 2. The zero-order valence-electron chi connectivity index (χ0n) is 20.4. The number of benzene rings is 1. The number of unbranched alkanes of at least 4 members (excludes halogenated alkanes) is 5. The van der Waals surface area contributed by atoms with E-state index >= 15 is 0 Å². The second-order valence-corrected chi connectivity index (χ2v) is 9.95. The number of halogens is 1. The van der Waals surface area contributed by atoms with Gasteiger partial charge in [0.05, 0.1) is 11.4 Å². The number of hydrogen-bond acceptors (Lipinski definition) is 2. The van der Waals surface area contributed by atoms with Crippen LogP contribution in [-0.4, -0.2) is 10.2 Å². The van der Waals surface area contributed by atoms with Crippen molar-refractivity contribution in [2.45, 2.75) is 110 Å². The molecule has 1 aromatic heterocycles. The molecule has 0 saturated heterocycles. The highest BCUT2D eigenvalue weighted by molar-refractivity contribution is 5.59. The molecule has 0 aliphatic heterocycles. The molecule has 2 nitrogen and oxygen atoms in total. The summed E-state index contributed by atoms with van der Waals surface area (Å²) in [5.41, 5.74) is 3.43. The molecular weight excluding hydrogens is 395 g/mol. The summed E-state index contributed by atoms with van der Waals surface area (Å²) in [6, 6.07) is 9.56. The third-order valence-electron chi connectivity index (χ3n) is 7.36. The highest BCUT2D eigenvalue weighted by atomic mass is 19.1. The lowest BCUT2D eigenvalue weighted by molar-refractivity contribution is 0.248. The van der Waals surface area contributed by atoms with Gasteiger partial charge >= 0.3 is 0 Å². The van der Waals surface area contributed by atoms with Gasteiger partial charge in [-0.15, -0.1) is 0 Å². The Balaban J connectivity index is 1.40. The molecule has 0 N–H and O–H groups in total. The van der Waals surface area contributed by atoms with Crippen LogP contribution in [0.25, 0.3) is 11.3 Å². The first kappa shape index (κ1) is 24.9. The van der Waals surface area contributed by atoms with Gasteiger partial charge in [0.25, 0.3) is 0 Å². The van der Waals surface area contributed by atoms with Crippen molar-refractivity contribution in [3.05, 3.63) is 47.4 Å². The van der Waals surface area contributed by atoms with Crippen LogP contribution >= 0.6 is 0 Å². The van der Waals surface area contributed by atoms with Crippen LogP contribution in [-0.2, 0) is 12.8 Å². The van der Waals surface area contributed by atoms with E-state index in [0.29, 0.717) is 0 Å². The summed E-state index contributed by atoms with van der Waals surface area (Å²) in [7, 11) is 0. The normalized spacial score (nSPS) is 18.7. The van der Waals surface area contributed by atoms with Gasteiger partial charge in [-0.1, -0.05) is 96.6 Å². The van der Waals surface area contributed by atoms with Gasteiger partial charge < -0.3 is 0 Å². The maximum atomic E-state index is 14.4.